The van der Waals surface area contributed by atoms with Gasteiger partial charge in [-0.25, -0.2) is 0 Å². The van der Waals surface area contributed by atoms with Gasteiger partial charge >= 0.3 is 6.18 Å². The summed E-state index contributed by atoms with van der Waals surface area (Å²) in [5.74, 6) is 0. The van der Waals surface area contributed by atoms with E-state index in [2.05, 4.69) is 5.32 Å². The van der Waals surface area contributed by atoms with Gasteiger partial charge in [0, 0.05) is 20.1 Å². The number of alkyl halides is 3. The summed E-state index contributed by atoms with van der Waals surface area (Å²) in [5, 5.41) is 3.03. The molecule has 0 rings (SSSR count). The first-order valence-corrected chi connectivity index (χ1v) is 8.03. The highest BCUT2D eigenvalue weighted by molar-refractivity contribution is 7.86. The van der Waals surface area contributed by atoms with E-state index < -0.39 is 22.9 Å². The molecule has 0 amide bonds. The van der Waals surface area contributed by atoms with Crippen LogP contribution in [0.4, 0.5) is 13.2 Å². The molecule has 0 aromatic carbocycles. The zero-order valence-corrected chi connectivity index (χ0v) is 13.0. The fourth-order valence-electron chi connectivity index (χ4n) is 1.64. The molecule has 0 aromatic rings. The molecule has 0 spiro atoms. The van der Waals surface area contributed by atoms with Crippen molar-refractivity contribution in [2.24, 2.45) is 0 Å². The number of nitrogens with zero attached hydrogens (tertiary/aromatic N) is 2. The van der Waals surface area contributed by atoms with Crippen LogP contribution in [-0.4, -0.2) is 63.0 Å². The lowest BCUT2D eigenvalue weighted by molar-refractivity contribution is -0.136. The minimum Gasteiger partial charge on any atom is -0.317 e. The average Bonchev–Trinajstić information content (AvgIpc) is 2.32. The van der Waals surface area contributed by atoms with Gasteiger partial charge in [-0.05, 0) is 25.9 Å². The van der Waals surface area contributed by atoms with Crippen LogP contribution in [0.25, 0.3) is 0 Å². The van der Waals surface area contributed by atoms with Gasteiger partial charge in [0.05, 0.1) is 0 Å². The normalized spacial score (nSPS) is 13.4. The molecular weight excluding hydrogens is 295 g/mol. The highest BCUT2D eigenvalue weighted by Crippen LogP contribution is 2.20. The maximum Gasteiger partial charge on any atom is 0.402 e. The first-order chi connectivity index (χ1) is 9.15. The smallest absolute Gasteiger partial charge is 0.317 e. The Labute approximate surface area is 119 Å². The van der Waals surface area contributed by atoms with Crippen molar-refractivity contribution in [2.45, 2.75) is 32.9 Å². The quantitative estimate of drug-likeness (QED) is 0.620. The lowest BCUT2D eigenvalue weighted by atomic mass is 10.4. The first kappa shape index (κ1) is 19.6. The second-order valence-corrected chi connectivity index (χ2v) is 6.52. The van der Waals surface area contributed by atoms with E-state index in [1.54, 1.807) is 6.92 Å². The molecule has 0 aromatic heterocycles. The van der Waals surface area contributed by atoms with E-state index in [0.29, 0.717) is 23.7 Å². The fraction of sp³-hybridized carbons (Fsp3) is 1.00. The predicted molar refractivity (Wildman–Crippen MR) is 72.6 cm³/mol. The van der Waals surface area contributed by atoms with Crippen molar-refractivity contribution < 1.29 is 21.6 Å². The van der Waals surface area contributed by atoms with Crippen LogP contribution >= 0.6 is 0 Å². The topological polar surface area (TPSA) is 52.7 Å². The highest BCUT2D eigenvalue weighted by Gasteiger charge is 2.37. The Balaban J connectivity index is 4.67. The molecule has 0 aliphatic carbocycles. The van der Waals surface area contributed by atoms with Crippen LogP contribution in [0.1, 0.15) is 26.7 Å². The molecule has 0 heterocycles. The van der Waals surface area contributed by atoms with Crippen LogP contribution in [0.5, 0.6) is 0 Å². The Morgan fingerprint density at radius 3 is 2.20 bits per heavy atom. The minimum atomic E-state index is -4.53. The van der Waals surface area contributed by atoms with Gasteiger partial charge in [0.1, 0.15) is 6.54 Å². The van der Waals surface area contributed by atoms with E-state index in [4.69, 9.17) is 0 Å². The summed E-state index contributed by atoms with van der Waals surface area (Å²) < 4.78 is 63.0. The van der Waals surface area contributed by atoms with Crippen LogP contribution in [0.2, 0.25) is 0 Å². The van der Waals surface area contributed by atoms with E-state index in [0.717, 1.165) is 10.8 Å². The third-order valence-electron chi connectivity index (χ3n) is 2.63. The molecule has 122 valence electrons. The summed E-state index contributed by atoms with van der Waals surface area (Å²) in [5.41, 5.74) is 0. The van der Waals surface area contributed by atoms with Gasteiger partial charge in [0.2, 0.25) is 0 Å². The van der Waals surface area contributed by atoms with Crippen LogP contribution in [0.15, 0.2) is 0 Å². The zero-order valence-electron chi connectivity index (χ0n) is 12.2. The molecule has 1 N–H and O–H groups in total. The van der Waals surface area contributed by atoms with Crippen molar-refractivity contribution in [1.82, 2.24) is 13.9 Å². The minimum absolute atomic E-state index is 0.139. The molecular formula is C11H24F3N3O2S. The van der Waals surface area contributed by atoms with Gasteiger partial charge in [-0.3, -0.25) is 0 Å². The Hall–Kier alpha value is -0.380. The van der Waals surface area contributed by atoms with Crippen molar-refractivity contribution in [3.8, 4) is 0 Å². The molecule has 0 fully saturated rings. The molecule has 5 nitrogen and oxygen atoms in total. The van der Waals surface area contributed by atoms with Gasteiger partial charge in [0.25, 0.3) is 10.2 Å². The van der Waals surface area contributed by atoms with E-state index in [9.17, 15) is 21.6 Å². The monoisotopic (exact) mass is 319 g/mol. The molecule has 0 aliphatic rings. The van der Waals surface area contributed by atoms with Gasteiger partial charge in [-0.1, -0.05) is 13.8 Å². The SMILES string of the molecule is CCCN(CC(F)(F)F)S(=O)(=O)N(C)CCCNCC. The molecule has 0 bridgehead atoms. The Kier molecular flexibility index (Phi) is 8.64. The summed E-state index contributed by atoms with van der Waals surface area (Å²) >= 11 is 0. The average molecular weight is 319 g/mol. The summed E-state index contributed by atoms with van der Waals surface area (Å²) in [4.78, 5) is 0. The largest absolute Gasteiger partial charge is 0.402 e. The van der Waals surface area contributed by atoms with Crippen LogP contribution in [0.3, 0.4) is 0 Å². The Morgan fingerprint density at radius 2 is 1.75 bits per heavy atom. The van der Waals surface area contributed by atoms with Crippen molar-refractivity contribution in [3.63, 3.8) is 0 Å². The molecule has 9 heteroatoms. The second-order valence-electron chi connectivity index (χ2n) is 4.49. The van der Waals surface area contributed by atoms with Crippen molar-refractivity contribution in [1.29, 1.82) is 0 Å². The number of hydrogen-bond acceptors (Lipinski definition) is 3. The third kappa shape index (κ3) is 7.41. The van der Waals surface area contributed by atoms with Crippen molar-refractivity contribution in [3.05, 3.63) is 0 Å². The third-order valence-corrected chi connectivity index (χ3v) is 4.56. The molecule has 0 saturated carbocycles. The van der Waals surface area contributed by atoms with E-state index in [1.165, 1.54) is 7.05 Å². The number of hydrogen-bond donors (Lipinski definition) is 1. The van der Waals surface area contributed by atoms with Gasteiger partial charge in [0.15, 0.2) is 0 Å². The van der Waals surface area contributed by atoms with Crippen LogP contribution < -0.4 is 5.32 Å². The Morgan fingerprint density at radius 1 is 1.15 bits per heavy atom. The van der Waals surface area contributed by atoms with Gasteiger partial charge in [-0.15, -0.1) is 0 Å². The van der Waals surface area contributed by atoms with E-state index >= 15 is 0 Å². The second kappa shape index (κ2) is 8.81. The predicted octanol–water partition coefficient (Wildman–Crippen LogP) is 1.44. The van der Waals surface area contributed by atoms with Gasteiger partial charge in [-0.2, -0.15) is 30.2 Å². The van der Waals surface area contributed by atoms with Crippen molar-refractivity contribution in [2.75, 3.05) is 39.8 Å². The summed E-state index contributed by atoms with van der Waals surface area (Å²) in [6, 6.07) is 0. The molecule has 20 heavy (non-hydrogen) atoms. The molecule has 0 saturated heterocycles. The van der Waals surface area contributed by atoms with Crippen LogP contribution in [-0.2, 0) is 10.2 Å². The van der Waals surface area contributed by atoms with Gasteiger partial charge < -0.3 is 5.32 Å². The number of halogens is 3. The fourth-order valence-corrected chi connectivity index (χ4v) is 3.12. The lowest BCUT2D eigenvalue weighted by Gasteiger charge is -2.28. The number of rotatable bonds is 10. The Bertz CT molecular complexity index is 360. The molecule has 0 unspecified atom stereocenters. The standard InChI is InChI=1S/C11H24F3N3O2S/c1-4-8-17(10-11(12,13)14)20(18,19)16(3)9-6-7-15-5-2/h15H,4-10H2,1-3H3. The molecule has 0 atom stereocenters. The molecule has 0 aliphatic heterocycles. The maximum atomic E-state index is 12.4. The zero-order chi connectivity index (χ0) is 15.8. The maximum absolute atomic E-state index is 12.4. The molecule has 0 radical (unpaired) electrons. The highest BCUT2D eigenvalue weighted by atomic mass is 32.2. The van der Waals surface area contributed by atoms with Crippen molar-refractivity contribution >= 4 is 10.2 Å². The summed E-state index contributed by atoms with van der Waals surface area (Å²) in [7, 11) is -2.76. The summed E-state index contributed by atoms with van der Waals surface area (Å²) in [6.07, 6.45) is -3.65. The first-order valence-electron chi connectivity index (χ1n) is 6.64. The number of nitrogens with one attached hydrogen (secondary N) is 1. The van der Waals surface area contributed by atoms with Crippen LogP contribution in [0, 0.1) is 0 Å². The summed E-state index contributed by atoms with van der Waals surface area (Å²) in [6.45, 7) is 3.57. The lowest BCUT2D eigenvalue weighted by Crippen LogP contribution is -2.46. The van der Waals surface area contributed by atoms with E-state index in [1.807, 2.05) is 6.92 Å². The van der Waals surface area contributed by atoms with E-state index in [-0.39, 0.29) is 13.1 Å².